The number of anilines is 1. The second kappa shape index (κ2) is 6.83. The fraction of sp³-hybridized carbons (Fsp3) is 0.261. The molecular weight excluding hydrogens is 320 g/mol. The maximum Gasteiger partial charge on any atom is 0.257 e. The average molecular weight is 346 g/mol. The second-order valence-electron chi connectivity index (χ2n) is 7.77. The number of hydrogen-bond acceptors (Lipinski definition) is 1. The van der Waals surface area contributed by atoms with Crippen molar-refractivity contribution in [1.82, 2.24) is 4.57 Å². The predicted molar refractivity (Wildman–Crippen MR) is 108 cm³/mol. The zero-order chi connectivity index (χ0) is 18.9. The van der Waals surface area contributed by atoms with Crippen molar-refractivity contribution >= 4 is 11.6 Å². The van der Waals surface area contributed by atoms with E-state index in [1.165, 1.54) is 5.56 Å². The van der Waals surface area contributed by atoms with Crippen LogP contribution in [0.5, 0.6) is 0 Å². The number of aromatic nitrogens is 1. The van der Waals surface area contributed by atoms with E-state index in [2.05, 4.69) is 42.8 Å². The Balaban J connectivity index is 2.04. The highest BCUT2D eigenvalue weighted by Gasteiger charge is 2.25. The minimum absolute atomic E-state index is 0.0773. The Hall–Kier alpha value is -2.81. The summed E-state index contributed by atoms with van der Waals surface area (Å²) in [7, 11) is 0. The molecule has 0 aliphatic carbocycles. The Kier molecular flexibility index (Phi) is 4.73. The van der Waals surface area contributed by atoms with Crippen molar-refractivity contribution in [2.45, 2.75) is 40.0 Å². The maximum absolute atomic E-state index is 12.9. The van der Waals surface area contributed by atoms with Gasteiger partial charge in [0.15, 0.2) is 0 Å². The third kappa shape index (κ3) is 3.57. The van der Waals surface area contributed by atoms with Gasteiger partial charge in [-0.3, -0.25) is 4.79 Å². The lowest BCUT2D eigenvalue weighted by Gasteiger charge is -2.22. The lowest BCUT2D eigenvalue weighted by Crippen LogP contribution is -2.17. The van der Waals surface area contributed by atoms with Gasteiger partial charge in [0.25, 0.3) is 5.91 Å². The van der Waals surface area contributed by atoms with Crippen LogP contribution < -0.4 is 5.32 Å². The summed E-state index contributed by atoms with van der Waals surface area (Å²) < 4.78 is 2.18. The Morgan fingerprint density at radius 2 is 1.54 bits per heavy atom. The summed E-state index contributed by atoms with van der Waals surface area (Å²) in [5.41, 5.74) is 5.75. The first kappa shape index (κ1) is 18.0. The molecule has 1 aromatic heterocycles. The lowest BCUT2D eigenvalue weighted by molar-refractivity contribution is 0.102. The molecule has 1 heterocycles. The maximum atomic E-state index is 12.9. The van der Waals surface area contributed by atoms with E-state index in [9.17, 15) is 4.79 Å². The number of rotatable bonds is 3. The number of carbonyl (C=O) groups is 1. The normalized spacial score (nSPS) is 11.4. The molecule has 26 heavy (non-hydrogen) atoms. The number of hydrogen-bond donors (Lipinski definition) is 1. The van der Waals surface area contributed by atoms with Gasteiger partial charge in [-0.2, -0.15) is 0 Å². The van der Waals surface area contributed by atoms with Crippen molar-refractivity contribution < 1.29 is 4.79 Å². The van der Waals surface area contributed by atoms with Gasteiger partial charge in [-0.25, -0.2) is 0 Å². The van der Waals surface area contributed by atoms with Crippen LogP contribution >= 0.6 is 0 Å². The number of nitrogens with one attached hydrogen (secondary N) is 1. The van der Waals surface area contributed by atoms with Crippen LogP contribution in [-0.4, -0.2) is 10.5 Å². The summed E-state index contributed by atoms with van der Waals surface area (Å²) in [6.45, 7) is 10.5. The summed E-state index contributed by atoms with van der Waals surface area (Å²) in [6.07, 6.45) is 0. The van der Waals surface area contributed by atoms with E-state index in [0.717, 1.165) is 22.8 Å². The van der Waals surface area contributed by atoms with Crippen LogP contribution in [0, 0.1) is 13.8 Å². The highest BCUT2D eigenvalue weighted by molar-refractivity contribution is 6.05. The van der Waals surface area contributed by atoms with E-state index in [1.807, 2.05) is 62.4 Å². The topological polar surface area (TPSA) is 34.0 Å². The van der Waals surface area contributed by atoms with Crippen LogP contribution in [0.4, 0.5) is 5.69 Å². The Labute approximate surface area is 155 Å². The van der Waals surface area contributed by atoms with Crippen molar-refractivity contribution in [2.24, 2.45) is 0 Å². The Morgan fingerprint density at radius 3 is 2.12 bits per heavy atom. The number of nitrogens with zero attached hydrogens (tertiary/aromatic N) is 1. The summed E-state index contributed by atoms with van der Waals surface area (Å²) >= 11 is 0. The molecule has 1 N–H and O–H groups in total. The van der Waals surface area contributed by atoms with Gasteiger partial charge in [0.1, 0.15) is 0 Å². The molecule has 0 bridgehead atoms. The molecule has 0 spiro atoms. The first-order chi connectivity index (χ1) is 12.3. The Bertz CT molecular complexity index is 913. The van der Waals surface area contributed by atoms with Crippen molar-refractivity contribution in [3.63, 3.8) is 0 Å². The molecule has 134 valence electrons. The zero-order valence-electron chi connectivity index (χ0n) is 16.1. The zero-order valence-corrected chi connectivity index (χ0v) is 16.1. The first-order valence-corrected chi connectivity index (χ1v) is 8.93. The van der Waals surface area contributed by atoms with Gasteiger partial charge in [0.2, 0.25) is 0 Å². The molecule has 0 atom stereocenters. The van der Waals surface area contributed by atoms with E-state index in [0.29, 0.717) is 5.56 Å². The number of aryl methyl sites for hydroxylation is 1. The SMILES string of the molecule is Cc1ccc(NC(=O)c2cc(C(C)(C)C)n(-c3ccccc3)c2C)cc1. The standard InChI is InChI=1S/C23H26N2O/c1-16-11-13-18(14-12-16)24-22(26)20-15-21(23(3,4)5)25(17(20)2)19-9-7-6-8-10-19/h6-15H,1-5H3,(H,24,26). The quantitative estimate of drug-likeness (QED) is 0.654. The fourth-order valence-electron chi connectivity index (χ4n) is 3.13. The van der Waals surface area contributed by atoms with Crippen LogP contribution in [0.2, 0.25) is 0 Å². The van der Waals surface area contributed by atoms with Crippen molar-refractivity contribution in [1.29, 1.82) is 0 Å². The minimum Gasteiger partial charge on any atom is -0.322 e. The highest BCUT2D eigenvalue weighted by Crippen LogP contribution is 2.31. The molecule has 0 unspecified atom stereocenters. The first-order valence-electron chi connectivity index (χ1n) is 8.93. The van der Waals surface area contributed by atoms with Gasteiger partial charge in [0.05, 0.1) is 5.56 Å². The summed E-state index contributed by atoms with van der Waals surface area (Å²) in [5, 5.41) is 3.02. The molecule has 3 nitrogen and oxygen atoms in total. The third-order valence-corrected chi connectivity index (χ3v) is 4.58. The monoisotopic (exact) mass is 346 g/mol. The fourth-order valence-corrected chi connectivity index (χ4v) is 3.13. The molecule has 0 fully saturated rings. The molecule has 3 aromatic rings. The predicted octanol–water partition coefficient (Wildman–Crippen LogP) is 5.64. The van der Waals surface area contributed by atoms with Crippen LogP contribution in [0.3, 0.4) is 0 Å². The minimum atomic E-state index is -0.0804. The van der Waals surface area contributed by atoms with E-state index >= 15 is 0 Å². The molecule has 3 heteroatoms. The van der Waals surface area contributed by atoms with Crippen molar-refractivity contribution in [3.8, 4) is 5.69 Å². The third-order valence-electron chi connectivity index (χ3n) is 4.58. The average Bonchev–Trinajstić information content (AvgIpc) is 2.95. The number of amides is 1. The molecule has 0 saturated carbocycles. The van der Waals surface area contributed by atoms with Gasteiger partial charge < -0.3 is 9.88 Å². The highest BCUT2D eigenvalue weighted by atomic mass is 16.1. The van der Waals surface area contributed by atoms with E-state index < -0.39 is 0 Å². The summed E-state index contributed by atoms with van der Waals surface area (Å²) in [4.78, 5) is 12.9. The summed E-state index contributed by atoms with van der Waals surface area (Å²) in [5.74, 6) is -0.0773. The lowest BCUT2D eigenvalue weighted by atomic mass is 9.91. The molecule has 0 saturated heterocycles. The Morgan fingerprint density at radius 1 is 0.923 bits per heavy atom. The van der Waals surface area contributed by atoms with Gasteiger partial charge in [0, 0.05) is 28.2 Å². The van der Waals surface area contributed by atoms with Crippen LogP contribution in [0.25, 0.3) is 5.69 Å². The smallest absolute Gasteiger partial charge is 0.257 e. The van der Waals surface area contributed by atoms with Crippen molar-refractivity contribution in [3.05, 3.63) is 83.2 Å². The molecule has 0 aliphatic rings. The largest absolute Gasteiger partial charge is 0.322 e. The van der Waals surface area contributed by atoms with Crippen LogP contribution in [0.1, 0.15) is 48.1 Å². The van der Waals surface area contributed by atoms with Crippen LogP contribution in [0.15, 0.2) is 60.7 Å². The van der Waals surface area contributed by atoms with E-state index in [4.69, 9.17) is 0 Å². The molecule has 0 aliphatic heterocycles. The molecule has 0 radical (unpaired) electrons. The number of carbonyl (C=O) groups excluding carboxylic acids is 1. The van der Waals surface area contributed by atoms with Crippen LogP contribution in [-0.2, 0) is 5.41 Å². The van der Waals surface area contributed by atoms with Gasteiger partial charge >= 0.3 is 0 Å². The van der Waals surface area contributed by atoms with E-state index in [1.54, 1.807) is 0 Å². The summed E-state index contributed by atoms with van der Waals surface area (Å²) in [6, 6.07) is 20.1. The second-order valence-corrected chi connectivity index (χ2v) is 7.77. The van der Waals surface area contributed by atoms with Gasteiger partial charge in [-0.15, -0.1) is 0 Å². The molecule has 1 amide bonds. The molecule has 2 aromatic carbocycles. The van der Waals surface area contributed by atoms with Gasteiger partial charge in [-0.1, -0.05) is 56.7 Å². The van der Waals surface area contributed by atoms with Gasteiger partial charge in [-0.05, 0) is 44.2 Å². The molecule has 3 rings (SSSR count). The van der Waals surface area contributed by atoms with E-state index in [-0.39, 0.29) is 11.3 Å². The number of benzene rings is 2. The number of para-hydroxylation sites is 1. The molecular formula is C23H26N2O. The van der Waals surface area contributed by atoms with Crippen molar-refractivity contribution in [2.75, 3.05) is 5.32 Å².